The molecule has 0 aliphatic heterocycles. The highest BCUT2D eigenvalue weighted by molar-refractivity contribution is 7.15. The summed E-state index contributed by atoms with van der Waals surface area (Å²) < 4.78 is 50.5. The van der Waals surface area contributed by atoms with E-state index < -0.39 is 23.8 Å². The van der Waals surface area contributed by atoms with Crippen LogP contribution in [-0.2, 0) is 22.1 Å². The number of hydrogen-bond acceptors (Lipinski definition) is 5. The van der Waals surface area contributed by atoms with Gasteiger partial charge >= 0.3 is 12.1 Å². The number of aryl methyl sites for hydroxylation is 2. The van der Waals surface area contributed by atoms with Crippen LogP contribution in [0.15, 0.2) is 42.5 Å². The fourth-order valence-electron chi connectivity index (χ4n) is 4.10. The number of aromatic nitrogens is 1. The van der Waals surface area contributed by atoms with Crippen molar-refractivity contribution in [3.63, 3.8) is 0 Å². The summed E-state index contributed by atoms with van der Waals surface area (Å²) in [6.45, 7) is 5.90. The standard InChI is InChI=1S/C27H28F3NO4S/c1-4-34-22(26(32)33)14-19-9-12-21(13-15(19)2)35-23(17-5-6-17)24-16(3)31-25(36-24)18-7-10-20(11-8-18)27(28,29)30/h7-13,17,22-23H,4-6,14H2,1-3H3,(H,32,33). The van der Waals surface area contributed by atoms with Crippen LogP contribution >= 0.6 is 11.3 Å². The van der Waals surface area contributed by atoms with Crippen LogP contribution in [-0.4, -0.2) is 28.8 Å². The number of halogens is 3. The van der Waals surface area contributed by atoms with Gasteiger partial charge in [0, 0.05) is 24.5 Å². The molecule has 2 aromatic carbocycles. The summed E-state index contributed by atoms with van der Waals surface area (Å²) >= 11 is 1.45. The van der Waals surface area contributed by atoms with E-state index in [1.54, 1.807) is 6.92 Å². The highest BCUT2D eigenvalue weighted by Crippen LogP contribution is 2.47. The number of nitrogens with zero attached hydrogens (tertiary/aromatic N) is 1. The second-order valence-electron chi connectivity index (χ2n) is 8.99. The Bertz CT molecular complexity index is 1220. The number of benzene rings is 2. The molecule has 3 aromatic rings. The van der Waals surface area contributed by atoms with Gasteiger partial charge in [-0.3, -0.25) is 0 Å². The van der Waals surface area contributed by atoms with Crippen molar-refractivity contribution in [1.29, 1.82) is 0 Å². The largest absolute Gasteiger partial charge is 0.485 e. The minimum atomic E-state index is -4.38. The molecule has 4 rings (SSSR count). The number of carboxylic acid groups (broad SMARTS) is 1. The van der Waals surface area contributed by atoms with Crippen molar-refractivity contribution in [1.82, 2.24) is 4.98 Å². The number of carboxylic acids is 1. The van der Waals surface area contributed by atoms with Gasteiger partial charge in [0.2, 0.25) is 0 Å². The van der Waals surface area contributed by atoms with Gasteiger partial charge in [0.05, 0.1) is 16.1 Å². The van der Waals surface area contributed by atoms with E-state index in [-0.39, 0.29) is 12.5 Å². The molecule has 1 heterocycles. The SMILES string of the molecule is CCOC(Cc1ccc(OC(c2sc(-c3ccc(C(F)(F)F)cc3)nc2C)C2CC2)cc1C)C(=O)O. The minimum Gasteiger partial charge on any atom is -0.485 e. The van der Waals surface area contributed by atoms with E-state index in [4.69, 9.17) is 9.47 Å². The van der Waals surface area contributed by atoms with Crippen LogP contribution in [0.2, 0.25) is 0 Å². The highest BCUT2D eigenvalue weighted by atomic mass is 32.1. The van der Waals surface area contributed by atoms with Crippen LogP contribution in [0.4, 0.5) is 13.2 Å². The zero-order valence-electron chi connectivity index (χ0n) is 20.3. The number of carbonyl (C=O) groups is 1. The summed E-state index contributed by atoms with van der Waals surface area (Å²) in [5.74, 6) is 0.0362. The Balaban J connectivity index is 1.54. The molecule has 0 bridgehead atoms. The number of aliphatic carboxylic acids is 1. The molecule has 0 amide bonds. The highest BCUT2D eigenvalue weighted by Gasteiger charge is 2.37. The van der Waals surface area contributed by atoms with E-state index in [9.17, 15) is 23.1 Å². The summed E-state index contributed by atoms with van der Waals surface area (Å²) in [7, 11) is 0. The number of ether oxygens (including phenoxy) is 2. The second kappa shape index (κ2) is 10.6. The smallest absolute Gasteiger partial charge is 0.416 e. The fraction of sp³-hybridized carbons (Fsp3) is 0.407. The van der Waals surface area contributed by atoms with Gasteiger partial charge in [0.25, 0.3) is 0 Å². The Morgan fingerprint density at radius 1 is 1.17 bits per heavy atom. The molecule has 0 saturated heterocycles. The lowest BCUT2D eigenvalue weighted by atomic mass is 10.0. The van der Waals surface area contributed by atoms with Crippen molar-refractivity contribution in [2.75, 3.05) is 6.61 Å². The average molecular weight is 520 g/mol. The van der Waals surface area contributed by atoms with Gasteiger partial charge < -0.3 is 14.6 Å². The van der Waals surface area contributed by atoms with Crippen molar-refractivity contribution in [2.45, 2.75) is 58.4 Å². The van der Waals surface area contributed by atoms with E-state index in [0.717, 1.165) is 46.7 Å². The van der Waals surface area contributed by atoms with E-state index in [1.165, 1.54) is 23.5 Å². The van der Waals surface area contributed by atoms with Crippen molar-refractivity contribution in [3.05, 3.63) is 69.7 Å². The first kappa shape index (κ1) is 26.2. The van der Waals surface area contributed by atoms with E-state index in [1.807, 2.05) is 32.0 Å². The normalized spacial score (nSPS) is 15.5. The Labute approximate surface area is 211 Å². The van der Waals surface area contributed by atoms with Crippen molar-refractivity contribution in [2.24, 2.45) is 5.92 Å². The molecule has 192 valence electrons. The third-order valence-corrected chi connectivity index (χ3v) is 7.49. The lowest BCUT2D eigenvalue weighted by molar-refractivity contribution is -0.150. The third-order valence-electron chi connectivity index (χ3n) is 6.23. The maximum atomic E-state index is 12.9. The van der Waals surface area contributed by atoms with Gasteiger partial charge in [0.15, 0.2) is 6.10 Å². The minimum absolute atomic E-state index is 0.203. The number of rotatable bonds is 10. The first-order valence-electron chi connectivity index (χ1n) is 11.8. The summed E-state index contributed by atoms with van der Waals surface area (Å²) in [4.78, 5) is 17.0. The molecule has 5 nitrogen and oxygen atoms in total. The zero-order chi connectivity index (χ0) is 26.0. The first-order chi connectivity index (χ1) is 17.1. The van der Waals surface area contributed by atoms with Gasteiger partial charge in [-0.15, -0.1) is 11.3 Å². The third kappa shape index (κ3) is 6.07. The lowest BCUT2D eigenvalue weighted by Crippen LogP contribution is -2.26. The molecular formula is C27H28F3NO4S. The van der Waals surface area contributed by atoms with Crippen molar-refractivity contribution in [3.8, 4) is 16.3 Å². The van der Waals surface area contributed by atoms with Crippen molar-refractivity contribution < 1.29 is 32.5 Å². The molecule has 0 radical (unpaired) electrons. The molecule has 1 aliphatic rings. The maximum absolute atomic E-state index is 12.9. The molecule has 0 spiro atoms. The Morgan fingerprint density at radius 3 is 2.42 bits per heavy atom. The fourth-order valence-corrected chi connectivity index (χ4v) is 5.29. The van der Waals surface area contributed by atoms with Crippen LogP contribution in [0.1, 0.15) is 53.1 Å². The first-order valence-corrected chi connectivity index (χ1v) is 12.6. The topological polar surface area (TPSA) is 68.7 Å². The number of alkyl halides is 3. The van der Waals surface area contributed by atoms with E-state index in [2.05, 4.69) is 4.98 Å². The summed E-state index contributed by atoms with van der Waals surface area (Å²) in [6, 6.07) is 10.7. The van der Waals surface area contributed by atoms with Crippen LogP contribution < -0.4 is 4.74 Å². The molecule has 1 saturated carbocycles. The Morgan fingerprint density at radius 2 is 1.86 bits per heavy atom. The summed E-state index contributed by atoms with van der Waals surface area (Å²) in [5.41, 5.74) is 2.55. The maximum Gasteiger partial charge on any atom is 0.416 e. The summed E-state index contributed by atoms with van der Waals surface area (Å²) in [6.07, 6.45) is -3.15. The van der Waals surface area contributed by atoms with Gasteiger partial charge in [0.1, 0.15) is 16.9 Å². The number of thiazole rings is 1. The van der Waals surface area contributed by atoms with Crippen LogP contribution in [0.5, 0.6) is 5.75 Å². The molecule has 2 unspecified atom stereocenters. The van der Waals surface area contributed by atoms with Gasteiger partial charge in [-0.2, -0.15) is 13.2 Å². The van der Waals surface area contributed by atoms with Gasteiger partial charge in [-0.05, 0) is 69.0 Å². The number of hydrogen-bond donors (Lipinski definition) is 1. The predicted octanol–water partition coefficient (Wildman–Crippen LogP) is 7.01. The second-order valence-corrected chi connectivity index (χ2v) is 10.0. The predicted molar refractivity (Wildman–Crippen MR) is 131 cm³/mol. The summed E-state index contributed by atoms with van der Waals surface area (Å²) in [5, 5.41) is 10.0. The molecule has 1 fully saturated rings. The Hall–Kier alpha value is -2.91. The molecule has 9 heteroatoms. The monoisotopic (exact) mass is 519 g/mol. The van der Waals surface area contributed by atoms with E-state index in [0.29, 0.717) is 28.8 Å². The van der Waals surface area contributed by atoms with E-state index >= 15 is 0 Å². The molecule has 36 heavy (non-hydrogen) atoms. The van der Waals surface area contributed by atoms with Gasteiger partial charge in [-0.25, -0.2) is 9.78 Å². The average Bonchev–Trinajstić information content (AvgIpc) is 3.59. The molecule has 2 atom stereocenters. The lowest BCUT2D eigenvalue weighted by Gasteiger charge is -2.20. The quantitative estimate of drug-likeness (QED) is 0.312. The van der Waals surface area contributed by atoms with Gasteiger partial charge in [-0.1, -0.05) is 18.2 Å². The zero-order valence-corrected chi connectivity index (χ0v) is 21.1. The Kier molecular flexibility index (Phi) is 7.70. The molecule has 1 aromatic heterocycles. The molecular weight excluding hydrogens is 491 g/mol. The van der Waals surface area contributed by atoms with Crippen molar-refractivity contribution >= 4 is 17.3 Å². The molecule has 1 aliphatic carbocycles. The molecule has 1 N–H and O–H groups in total. The van der Waals surface area contributed by atoms with Crippen LogP contribution in [0, 0.1) is 19.8 Å². The van der Waals surface area contributed by atoms with Crippen LogP contribution in [0.3, 0.4) is 0 Å². The van der Waals surface area contributed by atoms with Crippen LogP contribution in [0.25, 0.3) is 10.6 Å².